The van der Waals surface area contributed by atoms with Crippen LogP contribution in [-0.4, -0.2) is 55.4 Å². The van der Waals surface area contributed by atoms with E-state index < -0.39 is 0 Å². The number of fused-ring (bicyclic) bond motifs is 1. The number of methoxy groups -OCH3 is 1. The summed E-state index contributed by atoms with van der Waals surface area (Å²) in [5.41, 5.74) is 1.11. The van der Waals surface area contributed by atoms with Crippen LogP contribution in [0.25, 0.3) is 10.2 Å². The quantitative estimate of drug-likeness (QED) is 0.850. The molecule has 1 aromatic carbocycles. The molecule has 2 unspecified atom stereocenters. The molecule has 5 heteroatoms. The fourth-order valence-electron chi connectivity index (χ4n) is 2.82. The van der Waals surface area contributed by atoms with Crippen LogP contribution < -0.4 is 0 Å². The SMILES string of the molecule is COCC1CN(C(C)Cc2nc3ccccc3s2)CCO1. The molecule has 0 spiro atoms. The Labute approximate surface area is 129 Å². The van der Waals surface area contributed by atoms with Gasteiger partial charge in [0.1, 0.15) is 0 Å². The topological polar surface area (TPSA) is 34.6 Å². The lowest BCUT2D eigenvalue weighted by Gasteiger charge is -2.36. The highest BCUT2D eigenvalue weighted by molar-refractivity contribution is 7.18. The van der Waals surface area contributed by atoms with Crippen molar-refractivity contribution in [3.63, 3.8) is 0 Å². The lowest BCUT2D eigenvalue weighted by atomic mass is 10.1. The van der Waals surface area contributed by atoms with E-state index in [0.717, 1.165) is 31.6 Å². The van der Waals surface area contributed by atoms with Crippen molar-refractivity contribution in [2.75, 3.05) is 33.4 Å². The van der Waals surface area contributed by atoms with Gasteiger partial charge in [0.2, 0.25) is 0 Å². The first-order valence-corrected chi connectivity index (χ1v) is 8.27. The smallest absolute Gasteiger partial charge is 0.0954 e. The van der Waals surface area contributed by atoms with Crippen molar-refractivity contribution in [3.05, 3.63) is 29.3 Å². The molecule has 0 amide bonds. The third-order valence-corrected chi connectivity index (χ3v) is 5.01. The molecule has 21 heavy (non-hydrogen) atoms. The summed E-state index contributed by atoms with van der Waals surface area (Å²) in [6, 6.07) is 8.83. The minimum absolute atomic E-state index is 0.196. The van der Waals surface area contributed by atoms with Crippen LogP contribution in [0.3, 0.4) is 0 Å². The number of aromatic nitrogens is 1. The molecule has 1 saturated heterocycles. The highest BCUT2D eigenvalue weighted by Gasteiger charge is 2.24. The van der Waals surface area contributed by atoms with E-state index in [1.165, 1.54) is 9.71 Å². The highest BCUT2D eigenvalue weighted by Crippen LogP contribution is 2.23. The molecule has 2 heterocycles. The Bertz CT molecular complexity index is 551. The predicted molar refractivity (Wildman–Crippen MR) is 86.0 cm³/mol. The minimum Gasteiger partial charge on any atom is -0.382 e. The van der Waals surface area contributed by atoms with Gasteiger partial charge in [0.15, 0.2) is 0 Å². The van der Waals surface area contributed by atoms with E-state index in [-0.39, 0.29) is 6.10 Å². The van der Waals surface area contributed by atoms with Crippen molar-refractivity contribution in [1.82, 2.24) is 9.88 Å². The van der Waals surface area contributed by atoms with E-state index in [2.05, 4.69) is 30.0 Å². The number of thiazole rings is 1. The molecule has 3 rings (SSSR count). The average molecular weight is 306 g/mol. The minimum atomic E-state index is 0.196. The van der Waals surface area contributed by atoms with Crippen LogP contribution in [0.15, 0.2) is 24.3 Å². The molecular formula is C16H22N2O2S. The molecule has 0 radical (unpaired) electrons. The van der Waals surface area contributed by atoms with Gasteiger partial charge in [0, 0.05) is 32.7 Å². The Morgan fingerprint density at radius 3 is 3.14 bits per heavy atom. The Morgan fingerprint density at radius 2 is 2.33 bits per heavy atom. The van der Waals surface area contributed by atoms with Gasteiger partial charge in [0.05, 0.1) is 34.5 Å². The van der Waals surface area contributed by atoms with Gasteiger partial charge in [-0.2, -0.15) is 0 Å². The van der Waals surface area contributed by atoms with Crippen LogP contribution in [-0.2, 0) is 15.9 Å². The Hall–Kier alpha value is -1.01. The summed E-state index contributed by atoms with van der Waals surface area (Å²) in [4.78, 5) is 7.22. The summed E-state index contributed by atoms with van der Waals surface area (Å²) < 4.78 is 12.2. The number of para-hydroxylation sites is 1. The molecule has 2 aromatic rings. The molecule has 1 aliphatic heterocycles. The van der Waals surface area contributed by atoms with E-state index in [9.17, 15) is 0 Å². The van der Waals surface area contributed by atoms with Crippen LogP contribution in [0.1, 0.15) is 11.9 Å². The zero-order chi connectivity index (χ0) is 14.7. The first kappa shape index (κ1) is 14.9. The second-order valence-electron chi connectivity index (χ2n) is 5.57. The number of nitrogens with zero attached hydrogens (tertiary/aromatic N) is 2. The number of hydrogen-bond donors (Lipinski definition) is 0. The van der Waals surface area contributed by atoms with E-state index >= 15 is 0 Å². The Kier molecular flexibility index (Phi) is 4.85. The van der Waals surface area contributed by atoms with Crippen molar-refractivity contribution >= 4 is 21.6 Å². The first-order chi connectivity index (χ1) is 10.3. The Balaban J connectivity index is 1.63. The zero-order valence-corrected chi connectivity index (χ0v) is 13.4. The molecule has 114 valence electrons. The lowest BCUT2D eigenvalue weighted by molar-refractivity contribution is -0.0700. The van der Waals surface area contributed by atoms with Crippen molar-refractivity contribution in [1.29, 1.82) is 0 Å². The monoisotopic (exact) mass is 306 g/mol. The van der Waals surface area contributed by atoms with Crippen LogP contribution in [0.5, 0.6) is 0 Å². The largest absolute Gasteiger partial charge is 0.382 e. The number of morpholine rings is 1. The van der Waals surface area contributed by atoms with Gasteiger partial charge in [0.25, 0.3) is 0 Å². The Morgan fingerprint density at radius 1 is 1.48 bits per heavy atom. The maximum absolute atomic E-state index is 5.72. The van der Waals surface area contributed by atoms with Crippen LogP contribution in [0.4, 0.5) is 0 Å². The van der Waals surface area contributed by atoms with Gasteiger partial charge in [-0.25, -0.2) is 4.98 Å². The zero-order valence-electron chi connectivity index (χ0n) is 12.6. The van der Waals surface area contributed by atoms with E-state index in [1.807, 2.05) is 6.07 Å². The number of ether oxygens (including phenoxy) is 2. The molecular weight excluding hydrogens is 284 g/mol. The predicted octanol–water partition coefficient (Wildman–Crippen LogP) is 2.57. The van der Waals surface area contributed by atoms with Gasteiger partial charge < -0.3 is 9.47 Å². The van der Waals surface area contributed by atoms with Gasteiger partial charge in [-0.15, -0.1) is 11.3 Å². The van der Waals surface area contributed by atoms with E-state index in [1.54, 1.807) is 18.4 Å². The van der Waals surface area contributed by atoms with Crippen molar-refractivity contribution < 1.29 is 9.47 Å². The van der Waals surface area contributed by atoms with Gasteiger partial charge in [-0.05, 0) is 19.1 Å². The van der Waals surface area contributed by atoms with Gasteiger partial charge in [-0.1, -0.05) is 12.1 Å². The maximum atomic E-state index is 5.72. The lowest BCUT2D eigenvalue weighted by Crippen LogP contribution is -2.48. The highest BCUT2D eigenvalue weighted by atomic mass is 32.1. The van der Waals surface area contributed by atoms with Crippen LogP contribution in [0, 0.1) is 0 Å². The average Bonchev–Trinajstić information content (AvgIpc) is 2.90. The molecule has 1 aromatic heterocycles. The first-order valence-electron chi connectivity index (χ1n) is 7.45. The summed E-state index contributed by atoms with van der Waals surface area (Å²) in [6.45, 7) is 5.68. The van der Waals surface area contributed by atoms with Crippen LogP contribution >= 0.6 is 11.3 Å². The van der Waals surface area contributed by atoms with E-state index in [0.29, 0.717) is 12.6 Å². The normalized spacial score (nSPS) is 21.7. The second-order valence-corrected chi connectivity index (χ2v) is 6.69. The van der Waals surface area contributed by atoms with Gasteiger partial charge >= 0.3 is 0 Å². The third-order valence-electron chi connectivity index (χ3n) is 3.95. The van der Waals surface area contributed by atoms with E-state index in [4.69, 9.17) is 14.5 Å². The van der Waals surface area contributed by atoms with Crippen molar-refractivity contribution in [3.8, 4) is 0 Å². The number of hydrogen-bond acceptors (Lipinski definition) is 5. The summed E-state index contributed by atoms with van der Waals surface area (Å²) in [5, 5.41) is 1.22. The molecule has 0 saturated carbocycles. The summed E-state index contributed by atoms with van der Waals surface area (Å²) in [7, 11) is 1.73. The summed E-state index contributed by atoms with van der Waals surface area (Å²) >= 11 is 1.81. The number of benzene rings is 1. The molecule has 2 atom stereocenters. The molecule has 1 fully saturated rings. The third kappa shape index (κ3) is 3.61. The standard InChI is InChI=1S/C16H22N2O2S/c1-12(18-7-8-20-13(10-18)11-19-2)9-16-17-14-5-3-4-6-15(14)21-16/h3-6,12-13H,7-11H2,1-2H3. The molecule has 1 aliphatic rings. The molecule has 0 aliphatic carbocycles. The number of rotatable bonds is 5. The fourth-order valence-corrected chi connectivity index (χ4v) is 3.91. The van der Waals surface area contributed by atoms with Crippen LogP contribution in [0.2, 0.25) is 0 Å². The maximum Gasteiger partial charge on any atom is 0.0954 e. The summed E-state index contributed by atoms with van der Waals surface area (Å²) in [5.74, 6) is 0. The molecule has 0 bridgehead atoms. The van der Waals surface area contributed by atoms with Crippen molar-refractivity contribution in [2.45, 2.75) is 25.5 Å². The fraction of sp³-hybridized carbons (Fsp3) is 0.562. The summed E-state index contributed by atoms with van der Waals surface area (Å²) in [6.07, 6.45) is 1.19. The second kappa shape index (κ2) is 6.83. The van der Waals surface area contributed by atoms with Crippen molar-refractivity contribution in [2.24, 2.45) is 0 Å². The molecule has 0 N–H and O–H groups in total. The van der Waals surface area contributed by atoms with Gasteiger partial charge in [-0.3, -0.25) is 4.90 Å². The molecule has 4 nitrogen and oxygen atoms in total.